The molecule has 8 nitrogen and oxygen atoms in total. The van der Waals surface area contributed by atoms with Crippen molar-refractivity contribution in [3.8, 4) is 23.0 Å². The van der Waals surface area contributed by atoms with E-state index in [1.165, 1.54) is 10.9 Å². The molecule has 0 unspecified atom stereocenters. The summed E-state index contributed by atoms with van der Waals surface area (Å²) in [5.74, 6) is 0.319. The topological polar surface area (TPSA) is 98.0 Å². The van der Waals surface area contributed by atoms with Crippen molar-refractivity contribution in [1.82, 2.24) is 24.6 Å². The molecule has 0 bridgehead atoms. The van der Waals surface area contributed by atoms with Crippen LogP contribution in [0.3, 0.4) is 0 Å². The van der Waals surface area contributed by atoms with Crippen LogP contribution >= 0.6 is 0 Å². The zero-order valence-electron chi connectivity index (χ0n) is 17.1. The van der Waals surface area contributed by atoms with Crippen molar-refractivity contribution in [2.45, 2.75) is 13.0 Å². The molecule has 0 spiro atoms. The summed E-state index contributed by atoms with van der Waals surface area (Å²) in [6.07, 6.45) is 3.12. The van der Waals surface area contributed by atoms with E-state index in [1.54, 1.807) is 48.5 Å². The number of aromatic amines is 1. The van der Waals surface area contributed by atoms with Crippen LogP contribution in [-0.2, 0) is 0 Å². The number of likely N-dealkylation sites (tertiary alicyclic amines) is 1. The Labute approximate surface area is 174 Å². The van der Waals surface area contributed by atoms with Gasteiger partial charge in [-0.3, -0.25) is 14.7 Å². The Kier molecular flexibility index (Phi) is 4.98. The molecule has 1 aliphatic rings. The molecule has 4 rings (SSSR count). The maximum atomic E-state index is 12.9. The highest BCUT2D eigenvalue weighted by Crippen LogP contribution is 2.21. The number of carbonyl (C=O) groups excluding carboxylic acids is 1. The van der Waals surface area contributed by atoms with E-state index in [9.17, 15) is 9.59 Å². The molecule has 0 aliphatic carbocycles. The molecule has 1 N–H and O–H groups in total. The van der Waals surface area contributed by atoms with E-state index in [0.29, 0.717) is 22.5 Å². The Hall–Kier alpha value is -3.70. The van der Waals surface area contributed by atoms with E-state index in [0.717, 1.165) is 24.2 Å². The molecular weight excluding hydrogens is 380 g/mol. The maximum absolute atomic E-state index is 12.9. The van der Waals surface area contributed by atoms with Gasteiger partial charge < -0.3 is 9.80 Å². The van der Waals surface area contributed by atoms with Crippen molar-refractivity contribution >= 4 is 5.91 Å². The van der Waals surface area contributed by atoms with Crippen molar-refractivity contribution < 1.29 is 4.79 Å². The molecule has 1 aliphatic heterocycles. The minimum Gasteiger partial charge on any atom is -0.336 e. The molecule has 0 atom stereocenters. The van der Waals surface area contributed by atoms with Crippen molar-refractivity contribution in [3.63, 3.8) is 0 Å². The summed E-state index contributed by atoms with van der Waals surface area (Å²) < 4.78 is 1.34. The quantitative estimate of drug-likeness (QED) is 0.718. The van der Waals surface area contributed by atoms with Gasteiger partial charge in [-0.2, -0.15) is 5.26 Å². The SMILES string of the molecule is Cc1cc(C#N)ccc1-c1c[nH]n(-c2ccc(C(=O)N(C)C3CN(C)C3)cn2)c1=O. The third kappa shape index (κ3) is 3.40. The number of nitrogens with one attached hydrogen (secondary N) is 1. The first-order chi connectivity index (χ1) is 14.4. The molecule has 152 valence electrons. The number of hydrogen-bond donors (Lipinski definition) is 1. The number of amides is 1. The van der Waals surface area contributed by atoms with Crippen LogP contribution in [0.15, 0.2) is 47.5 Å². The fraction of sp³-hybridized carbons (Fsp3) is 0.273. The number of H-pyrrole nitrogens is 1. The van der Waals surface area contributed by atoms with Crippen LogP contribution in [0.1, 0.15) is 21.5 Å². The maximum Gasteiger partial charge on any atom is 0.280 e. The Morgan fingerprint density at radius 1 is 1.27 bits per heavy atom. The summed E-state index contributed by atoms with van der Waals surface area (Å²) in [6.45, 7) is 3.59. The minimum atomic E-state index is -0.246. The lowest BCUT2D eigenvalue weighted by Gasteiger charge is -2.41. The third-order valence-corrected chi connectivity index (χ3v) is 5.55. The number of nitriles is 1. The second-order valence-corrected chi connectivity index (χ2v) is 7.67. The summed E-state index contributed by atoms with van der Waals surface area (Å²) >= 11 is 0. The summed E-state index contributed by atoms with van der Waals surface area (Å²) in [5.41, 5.74) is 2.88. The summed E-state index contributed by atoms with van der Waals surface area (Å²) in [7, 11) is 3.82. The highest BCUT2D eigenvalue weighted by atomic mass is 16.2. The average Bonchev–Trinajstić information content (AvgIpc) is 3.11. The number of benzene rings is 1. The van der Waals surface area contributed by atoms with Crippen molar-refractivity contribution in [2.75, 3.05) is 27.2 Å². The summed E-state index contributed by atoms with van der Waals surface area (Å²) in [6, 6.07) is 10.9. The molecular formula is C22H22N6O2. The molecule has 8 heteroatoms. The van der Waals surface area contributed by atoms with Crippen molar-refractivity contribution in [3.05, 3.63) is 69.8 Å². The van der Waals surface area contributed by atoms with Gasteiger partial charge in [-0.15, -0.1) is 0 Å². The molecule has 1 aromatic carbocycles. The lowest BCUT2D eigenvalue weighted by atomic mass is 10.0. The van der Waals surface area contributed by atoms with Gasteiger partial charge in [0.15, 0.2) is 5.82 Å². The van der Waals surface area contributed by atoms with Gasteiger partial charge in [-0.25, -0.2) is 9.67 Å². The normalized spacial score (nSPS) is 14.2. The average molecular weight is 402 g/mol. The number of nitrogens with zero attached hydrogens (tertiary/aromatic N) is 5. The number of aryl methyl sites for hydroxylation is 1. The zero-order valence-corrected chi connectivity index (χ0v) is 17.1. The Morgan fingerprint density at radius 2 is 2.03 bits per heavy atom. The Bertz CT molecular complexity index is 1200. The first-order valence-corrected chi connectivity index (χ1v) is 9.62. The van der Waals surface area contributed by atoms with Gasteiger partial charge in [-0.05, 0) is 49.4 Å². The number of likely N-dealkylation sites (N-methyl/N-ethyl adjacent to an activating group) is 2. The Balaban J connectivity index is 1.58. The van der Waals surface area contributed by atoms with Crippen LogP contribution in [0.2, 0.25) is 0 Å². The molecule has 2 aromatic heterocycles. The third-order valence-electron chi connectivity index (χ3n) is 5.55. The molecule has 0 radical (unpaired) electrons. The second-order valence-electron chi connectivity index (χ2n) is 7.67. The molecule has 1 fully saturated rings. The van der Waals surface area contributed by atoms with E-state index in [4.69, 9.17) is 5.26 Å². The van der Waals surface area contributed by atoms with Crippen molar-refractivity contribution in [1.29, 1.82) is 5.26 Å². The van der Waals surface area contributed by atoms with E-state index in [2.05, 4.69) is 21.1 Å². The predicted octanol–water partition coefficient (Wildman–Crippen LogP) is 1.79. The van der Waals surface area contributed by atoms with Crippen LogP contribution in [0.4, 0.5) is 0 Å². The first-order valence-electron chi connectivity index (χ1n) is 9.62. The van der Waals surface area contributed by atoms with Gasteiger partial charge in [0.05, 0.1) is 28.8 Å². The largest absolute Gasteiger partial charge is 0.336 e. The molecule has 3 aromatic rings. The highest BCUT2D eigenvalue weighted by molar-refractivity contribution is 5.94. The van der Waals surface area contributed by atoms with E-state index >= 15 is 0 Å². The molecule has 30 heavy (non-hydrogen) atoms. The van der Waals surface area contributed by atoms with E-state index in [1.807, 2.05) is 14.0 Å². The smallest absolute Gasteiger partial charge is 0.280 e. The van der Waals surface area contributed by atoms with Gasteiger partial charge in [0.25, 0.3) is 11.5 Å². The van der Waals surface area contributed by atoms with Crippen LogP contribution < -0.4 is 5.56 Å². The Morgan fingerprint density at radius 3 is 2.63 bits per heavy atom. The van der Waals surface area contributed by atoms with Gasteiger partial charge in [-0.1, -0.05) is 6.07 Å². The first kappa shape index (κ1) is 19.6. The standard InChI is InChI=1S/C22H22N6O2/c1-14-8-15(9-23)4-6-18(14)19-11-25-28(22(19)30)20-7-5-16(10-24-20)21(29)27(3)17-12-26(2)13-17/h4-8,10-11,17,25H,12-13H2,1-3H3. The summed E-state index contributed by atoms with van der Waals surface area (Å²) in [4.78, 5) is 33.8. The number of rotatable bonds is 4. The lowest BCUT2D eigenvalue weighted by molar-refractivity contribution is 0.0460. The van der Waals surface area contributed by atoms with Crippen LogP contribution in [0.5, 0.6) is 0 Å². The van der Waals surface area contributed by atoms with Crippen LogP contribution in [0, 0.1) is 18.3 Å². The number of aromatic nitrogens is 3. The van der Waals surface area contributed by atoms with Gasteiger partial charge >= 0.3 is 0 Å². The molecule has 1 saturated heterocycles. The lowest BCUT2D eigenvalue weighted by Crippen LogP contribution is -2.58. The minimum absolute atomic E-state index is 0.0834. The second kappa shape index (κ2) is 7.61. The monoisotopic (exact) mass is 402 g/mol. The number of carbonyl (C=O) groups is 1. The highest BCUT2D eigenvalue weighted by Gasteiger charge is 2.30. The summed E-state index contributed by atoms with van der Waals surface area (Å²) in [5, 5.41) is 12.0. The number of pyridine rings is 1. The van der Waals surface area contributed by atoms with Gasteiger partial charge in [0.1, 0.15) is 0 Å². The van der Waals surface area contributed by atoms with E-state index < -0.39 is 0 Å². The number of hydrogen-bond acceptors (Lipinski definition) is 5. The van der Waals surface area contributed by atoms with E-state index in [-0.39, 0.29) is 17.5 Å². The molecule has 3 heterocycles. The fourth-order valence-electron chi connectivity index (χ4n) is 3.69. The molecule has 1 amide bonds. The van der Waals surface area contributed by atoms with Gasteiger partial charge in [0.2, 0.25) is 0 Å². The van der Waals surface area contributed by atoms with Crippen LogP contribution in [-0.4, -0.2) is 63.7 Å². The van der Waals surface area contributed by atoms with Gasteiger partial charge in [0, 0.05) is 32.5 Å². The zero-order chi connectivity index (χ0) is 21.4. The fourth-order valence-corrected chi connectivity index (χ4v) is 3.69. The predicted molar refractivity (Wildman–Crippen MR) is 112 cm³/mol. The van der Waals surface area contributed by atoms with Crippen LogP contribution in [0.25, 0.3) is 16.9 Å². The molecule has 0 saturated carbocycles. The van der Waals surface area contributed by atoms with Crippen molar-refractivity contribution in [2.24, 2.45) is 0 Å².